The molecule has 1 fully saturated rings. The Bertz CT molecular complexity index is 207. The summed E-state index contributed by atoms with van der Waals surface area (Å²) >= 11 is 0. The molecule has 1 saturated heterocycles. The Kier molecular flexibility index (Phi) is 4.39. The first-order valence-corrected chi connectivity index (χ1v) is 4.69. The maximum Gasteiger partial charge on any atom is 0.319 e. The van der Waals surface area contributed by atoms with E-state index < -0.39 is 18.2 Å². The van der Waals surface area contributed by atoms with Gasteiger partial charge in [-0.25, -0.2) is 0 Å². The fourth-order valence-corrected chi connectivity index (χ4v) is 1.16. The molecule has 0 aromatic carbocycles. The quantitative estimate of drug-likeness (QED) is 0.494. The SMILES string of the molecule is CCOC(=O)CC(=O)O[C@H]1CCCO1. The number of hydrogen-bond acceptors (Lipinski definition) is 5. The highest BCUT2D eigenvalue weighted by molar-refractivity contribution is 5.91. The van der Waals surface area contributed by atoms with Crippen LogP contribution in [0.4, 0.5) is 0 Å². The zero-order valence-corrected chi connectivity index (χ0v) is 8.15. The van der Waals surface area contributed by atoms with Crippen LogP contribution in [-0.2, 0) is 23.8 Å². The second-order valence-electron chi connectivity index (χ2n) is 2.91. The molecule has 0 aromatic rings. The summed E-state index contributed by atoms with van der Waals surface area (Å²) in [5.41, 5.74) is 0. The van der Waals surface area contributed by atoms with Gasteiger partial charge in [0.2, 0.25) is 6.29 Å². The van der Waals surface area contributed by atoms with Gasteiger partial charge in [0.1, 0.15) is 6.42 Å². The Hall–Kier alpha value is -1.10. The van der Waals surface area contributed by atoms with Crippen LogP contribution in [0.2, 0.25) is 0 Å². The first-order valence-electron chi connectivity index (χ1n) is 4.69. The maximum atomic E-state index is 11.1. The van der Waals surface area contributed by atoms with Gasteiger partial charge in [-0.1, -0.05) is 0 Å². The van der Waals surface area contributed by atoms with Crippen LogP contribution < -0.4 is 0 Å². The molecule has 5 nitrogen and oxygen atoms in total. The molecule has 1 aliphatic rings. The van der Waals surface area contributed by atoms with Gasteiger partial charge in [0.15, 0.2) is 0 Å². The minimum absolute atomic E-state index is 0.270. The van der Waals surface area contributed by atoms with Gasteiger partial charge < -0.3 is 14.2 Å². The fourth-order valence-electron chi connectivity index (χ4n) is 1.16. The van der Waals surface area contributed by atoms with E-state index in [0.29, 0.717) is 13.0 Å². The van der Waals surface area contributed by atoms with Gasteiger partial charge in [-0.2, -0.15) is 0 Å². The number of hydrogen-bond donors (Lipinski definition) is 0. The lowest BCUT2D eigenvalue weighted by molar-refractivity contribution is -0.173. The van der Waals surface area contributed by atoms with Gasteiger partial charge in [0, 0.05) is 6.42 Å². The molecule has 1 rings (SSSR count). The third kappa shape index (κ3) is 3.74. The lowest BCUT2D eigenvalue weighted by Crippen LogP contribution is -2.20. The van der Waals surface area contributed by atoms with Crippen molar-refractivity contribution in [2.24, 2.45) is 0 Å². The summed E-state index contributed by atoms with van der Waals surface area (Å²) in [6.07, 6.45) is 0.775. The molecule has 0 radical (unpaired) electrons. The number of ether oxygens (including phenoxy) is 3. The Morgan fingerprint density at radius 1 is 1.43 bits per heavy atom. The van der Waals surface area contributed by atoms with Gasteiger partial charge in [-0.15, -0.1) is 0 Å². The number of rotatable bonds is 4. The molecule has 0 aromatic heterocycles. The Morgan fingerprint density at radius 3 is 2.79 bits per heavy atom. The molecule has 14 heavy (non-hydrogen) atoms. The van der Waals surface area contributed by atoms with E-state index in [1.807, 2.05) is 0 Å². The maximum absolute atomic E-state index is 11.1. The van der Waals surface area contributed by atoms with E-state index in [2.05, 4.69) is 4.74 Å². The first kappa shape index (κ1) is 11.0. The summed E-state index contributed by atoms with van der Waals surface area (Å²) in [4.78, 5) is 21.9. The van der Waals surface area contributed by atoms with Crippen molar-refractivity contribution in [1.82, 2.24) is 0 Å². The van der Waals surface area contributed by atoms with Crippen molar-refractivity contribution in [2.75, 3.05) is 13.2 Å². The van der Waals surface area contributed by atoms with Gasteiger partial charge in [0.25, 0.3) is 0 Å². The standard InChI is InChI=1S/C9H14O5/c1-2-12-7(10)6-8(11)14-9-4-3-5-13-9/h9H,2-6H2,1H3/t9-/m0/s1. The van der Waals surface area contributed by atoms with E-state index in [-0.39, 0.29) is 13.0 Å². The lowest BCUT2D eigenvalue weighted by Gasteiger charge is -2.10. The number of carbonyl (C=O) groups excluding carboxylic acids is 2. The third-order valence-corrected chi connectivity index (χ3v) is 1.74. The van der Waals surface area contributed by atoms with Gasteiger partial charge in [-0.05, 0) is 13.3 Å². The van der Waals surface area contributed by atoms with Crippen molar-refractivity contribution in [2.45, 2.75) is 32.5 Å². The van der Waals surface area contributed by atoms with Crippen molar-refractivity contribution in [3.63, 3.8) is 0 Å². The van der Waals surface area contributed by atoms with Gasteiger partial charge >= 0.3 is 11.9 Å². The van der Waals surface area contributed by atoms with Crippen molar-refractivity contribution in [1.29, 1.82) is 0 Å². The predicted molar refractivity (Wildman–Crippen MR) is 46.3 cm³/mol. The molecule has 0 amide bonds. The third-order valence-electron chi connectivity index (χ3n) is 1.74. The smallest absolute Gasteiger partial charge is 0.319 e. The highest BCUT2D eigenvalue weighted by Crippen LogP contribution is 2.13. The number of carbonyl (C=O) groups is 2. The molecule has 0 bridgehead atoms. The summed E-state index contributed by atoms with van der Waals surface area (Å²) in [6, 6.07) is 0. The molecular formula is C9H14O5. The van der Waals surface area contributed by atoms with E-state index in [1.165, 1.54) is 0 Å². The van der Waals surface area contributed by atoms with Crippen LogP contribution >= 0.6 is 0 Å². The average molecular weight is 202 g/mol. The lowest BCUT2D eigenvalue weighted by atomic mass is 10.3. The Morgan fingerprint density at radius 2 is 2.21 bits per heavy atom. The zero-order chi connectivity index (χ0) is 10.4. The molecule has 1 aliphatic heterocycles. The van der Waals surface area contributed by atoms with Crippen LogP contribution in [0.15, 0.2) is 0 Å². The van der Waals surface area contributed by atoms with Crippen molar-refractivity contribution in [3.8, 4) is 0 Å². The Labute approximate surface area is 82.3 Å². The summed E-state index contributed by atoms with van der Waals surface area (Å²) in [5, 5.41) is 0. The van der Waals surface area contributed by atoms with Crippen LogP contribution in [0, 0.1) is 0 Å². The molecule has 80 valence electrons. The normalized spacial score (nSPS) is 20.5. The molecule has 0 saturated carbocycles. The van der Waals surface area contributed by atoms with Gasteiger partial charge in [0.05, 0.1) is 13.2 Å². The monoisotopic (exact) mass is 202 g/mol. The summed E-state index contributed by atoms with van der Waals surface area (Å²) in [7, 11) is 0. The summed E-state index contributed by atoms with van der Waals surface area (Å²) in [5.74, 6) is -1.15. The van der Waals surface area contributed by atoms with Crippen LogP contribution in [0.3, 0.4) is 0 Å². The van der Waals surface area contributed by atoms with Crippen LogP contribution in [0.25, 0.3) is 0 Å². The molecule has 5 heteroatoms. The summed E-state index contributed by atoms with van der Waals surface area (Å²) < 4.78 is 14.5. The number of esters is 2. The highest BCUT2D eigenvalue weighted by atomic mass is 16.7. The minimum atomic E-state index is -0.588. The first-order chi connectivity index (χ1) is 6.72. The van der Waals surface area contributed by atoms with Crippen LogP contribution in [0.1, 0.15) is 26.2 Å². The minimum Gasteiger partial charge on any atom is -0.466 e. The summed E-state index contributed by atoms with van der Waals surface area (Å²) in [6.45, 7) is 2.56. The van der Waals surface area contributed by atoms with E-state index in [4.69, 9.17) is 9.47 Å². The van der Waals surface area contributed by atoms with Crippen LogP contribution in [-0.4, -0.2) is 31.4 Å². The second-order valence-corrected chi connectivity index (χ2v) is 2.91. The molecular weight excluding hydrogens is 188 g/mol. The highest BCUT2D eigenvalue weighted by Gasteiger charge is 2.21. The van der Waals surface area contributed by atoms with Gasteiger partial charge in [-0.3, -0.25) is 9.59 Å². The van der Waals surface area contributed by atoms with Crippen molar-refractivity contribution < 1.29 is 23.8 Å². The van der Waals surface area contributed by atoms with E-state index in [1.54, 1.807) is 6.92 Å². The zero-order valence-electron chi connectivity index (χ0n) is 8.15. The van der Waals surface area contributed by atoms with E-state index >= 15 is 0 Å². The largest absolute Gasteiger partial charge is 0.466 e. The molecule has 0 aliphatic carbocycles. The van der Waals surface area contributed by atoms with E-state index in [9.17, 15) is 9.59 Å². The average Bonchev–Trinajstić information content (AvgIpc) is 2.56. The molecule has 0 N–H and O–H groups in total. The second kappa shape index (κ2) is 5.59. The molecule has 1 heterocycles. The molecule has 0 unspecified atom stereocenters. The molecule has 1 atom stereocenters. The van der Waals surface area contributed by atoms with Crippen LogP contribution in [0.5, 0.6) is 0 Å². The Balaban J connectivity index is 2.17. The van der Waals surface area contributed by atoms with E-state index in [0.717, 1.165) is 6.42 Å². The predicted octanol–water partition coefficient (Wildman–Crippen LogP) is 0.619. The molecule has 0 spiro atoms. The topological polar surface area (TPSA) is 61.8 Å². The fraction of sp³-hybridized carbons (Fsp3) is 0.778. The van der Waals surface area contributed by atoms with Crippen molar-refractivity contribution >= 4 is 11.9 Å². The van der Waals surface area contributed by atoms with Crippen molar-refractivity contribution in [3.05, 3.63) is 0 Å².